The summed E-state index contributed by atoms with van der Waals surface area (Å²) in [5, 5.41) is 31.8. The van der Waals surface area contributed by atoms with Crippen molar-refractivity contribution in [1.29, 1.82) is 0 Å². The molecule has 0 spiro atoms. The van der Waals surface area contributed by atoms with Gasteiger partial charge in [0.15, 0.2) is 40.4 Å². The number of carboxylic acid groups (broad SMARTS) is 1. The van der Waals surface area contributed by atoms with Crippen molar-refractivity contribution < 1.29 is 101 Å². The molecule has 754 valence electrons. The van der Waals surface area contributed by atoms with Gasteiger partial charge in [0, 0.05) is 91.0 Å². The number of ether oxygens (including phenoxy) is 9. The molecular weight excluding hydrogens is 1710 g/mol. The van der Waals surface area contributed by atoms with Crippen LogP contribution in [0.15, 0.2) is 221 Å². The van der Waals surface area contributed by atoms with Gasteiger partial charge in [0.25, 0.3) is 0 Å². The molecule has 0 aromatic carbocycles. The minimum atomic E-state index is -0.920. The van der Waals surface area contributed by atoms with E-state index in [-0.39, 0.29) is 129 Å². The van der Waals surface area contributed by atoms with Gasteiger partial charge >= 0.3 is 18.0 Å². The predicted molar refractivity (Wildman–Crippen MR) is 543 cm³/mol. The summed E-state index contributed by atoms with van der Waals surface area (Å²) in [5.41, 5.74) is 18.1. The first kappa shape index (κ1) is 123. The van der Waals surface area contributed by atoms with Crippen molar-refractivity contribution in [3.63, 3.8) is 0 Å². The number of hydrogen-bond donors (Lipinski definition) is 4. The maximum Gasteiger partial charge on any atom is 0.407 e. The lowest BCUT2D eigenvalue weighted by molar-refractivity contribution is -0.149. The van der Waals surface area contributed by atoms with Gasteiger partial charge in [-0.05, 0) is 272 Å². The van der Waals surface area contributed by atoms with Gasteiger partial charge < -0.3 is 63.3 Å². The average molecular weight is 1880 g/mol. The van der Waals surface area contributed by atoms with E-state index in [0.29, 0.717) is 43.3 Å². The third-order valence-corrected chi connectivity index (χ3v) is 25.1. The van der Waals surface area contributed by atoms with Gasteiger partial charge in [-0.3, -0.25) is 38.4 Å². The first-order valence-corrected chi connectivity index (χ1v) is 48.1. The van der Waals surface area contributed by atoms with Gasteiger partial charge in [-0.25, -0.2) is 4.79 Å². The highest BCUT2D eigenvalue weighted by molar-refractivity contribution is 6.23. The van der Waals surface area contributed by atoms with Gasteiger partial charge in [-0.1, -0.05) is 179 Å². The smallest absolute Gasteiger partial charge is 0.407 e. The van der Waals surface area contributed by atoms with Crippen LogP contribution in [0.2, 0.25) is 0 Å². The van der Waals surface area contributed by atoms with E-state index in [2.05, 4.69) is 183 Å². The number of carbonyl (C=O) groups excluding carboxylic acids is 8. The fourth-order valence-electron chi connectivity index (χ4n) is 16.0. The molecule has 5 rings (SSSR count). The number of carbonyl (C=O) groups is 9. The summed E-state index contributed by atoms with van der Waals surface area (Å²) < 4.78 is 46.7. The van der Waals surface area contributed by atoms with Crippen LogP contribution in [0.5, 0.6) is 0 Å². The van der Waals surface area contributed by atoms with Crippen molar-refractivity contribution in [3.8, 4) is 0 Å². The van der Waals surface area contributed by atoms with E-state index in [1.807, 2.05) is 39.8 Å². The minimum Gasteiger partial charge on any atom is -0.494 e. The highest BCUT2D eigenvalue weighted by Gasteiger charge is 2.44. The van der Waals surface area contributed by atoms with Gasteiger partial charge in [0.1, 0.15) is 18.3 Å². The highest BCUT2D eigenvalue weighted by Crippen LogP contribution is 2.39. The normalized spacial score (nSPS) is 22.1. The third-order valence-electron chi connectivity index (χ3n) is 25.1. The topological polar surface area (TPSA) is 309 Å². The Kier molecular flexibility index (Phi) is 60.3. The van der Waals surface area contributed by atoms with Crippen LogP contribution in [0.3, 0.4) is 0 Å². The van der Waals surface area contributed by atoms with E-state index >= 15 is 0 Å². The first-order valence-electron chi connectivity index (χ1n) is 48.1. The van der Waals surface area contributed by atoms with Crippen LogP contribution in [0.1, 0.15) is 307 Å². The molecule has 22 heteroatoms. The standard InChI is InChI=1S/C25H39NO4.C25H38O4.C24H34O4.C23H36O3.C16H24O6/c1-17(2)10-8-11-18(3)12-9-13-19(4)14-15-21-20(5)24(27)23(29-7)16-22(21)30-25(28)26-6;1-17(2)10-8-11-18(3)12-9-13-19(4)14-15-22-20(5)25(27)24(28-7)16-23(22)29-21(6)26;1-16(2)10-8-11-17(3)12-9-13-18(4)14-15-20-19(5)21(25)23(27-6)24(28-7)22(20)26;1-16(2)9-7-10-17(3)11-8-12-18(4)13-14-20-19(5)23(25)22(26-6)15-21(20)24;1-9(6-8-12(17)18)5-7-11-10(2)13(19)15(21-3)16(22-4)14(11)20/h10,12,14,16,20-22H,8-9,11,13,15H2,1-7H3,(H,26,28);10,12,14,16,20,22-23H,8-9,11,13,15H2,1-7H3;10,12,14H,8-9,11,13,15H2,1-7H3;9,11,13,15,19-21,24H,7-8,10,12,14H2,1-6H3;5,10-11,14,20H,6-8H2,1-4H3,(H,17,18)/b2*18-12+,19-14+;17-12+,18-14+;17-11+,18-13+;9-5+. The molecule has 0 radical (unpaired) electrons. The fraction of sp³-hybridized carbons (Fsp3) is 0.584. The molecule has 12 atom stereocenters. The van der Waals surface area contributed by atoms with E-state index in [1.54, 1.807) is 32.1 Å². The molecule has 4 N–H and O–H groups in total. The van der Waals surface area contributed by atoms with Crippen molar-refractivity contribution in [2.24, 2.45) is 47.3 Å². The maximum absolute atomic E-state index is 12.6. The Labute approximate surface area is 811 Å². The van der Waals surface area contributed by atoms with Crippen LogP contribution in [0, 0.1) is 47.3 Å². The van der Waals surface area contributed by atoms with Crippen LogP contribution in [0.25, 0.3) is 0 Å². The Hall–Kier alpha value is -10.2. The zero-order chi connectivity index (χ0) is 102. The second-order valence-electron chi connectivity index (χ2n) is 37.5. The zero-order valence-corrected chi connectivity index (χ0v) is 88.1. The van der Waals surface area contributed by atoms with Crippen LogP contribution < -0.4 is 5.32 Å². The van der Waals surface area contributed by atoms with Crippen molar-refractivity contribution in [1.82, 2.24) is 5.32 Å². The largest absolute Gasteiger partial charge is 0.494 e. The Morgan fingerprint density at radius 3 is 0.963 bits per heavy atom. The molecule has 0 aromatic heterocycles. The van der Waals surface area contributed by atoms with Gasteiger partial charge in [0.05, 0.1) is 55.9 Å². The average Bonchev–Trinajstić information content (AvgIpc) is 0.788. The lowest BCUT2D eigenvalue weighted by Crippen LogP contribution is -2.40. The van der Waals surface area contributed by atoms with Crippen LogP contribution in [-0.2, 0) is 81.0 Å². The van der Waals surface area contributed by atoms with E-state index in [9.17, 15) is 53.4 Å². The Bertz CT molecular complexity index is 4550. The molecule has 135 heavy (non-hydrogen) atoms. The van der Waals surface area contributed by atoms with E-state index in [1.165, 1.54) is 131 Å². The number of hydrogen-bond acceptors (Lipinski definition) is 20. The summed E-state index contributed by atoms with van der Waals surface area (Å²) in [4.78, 5) is 108. The second kappa shape index (κ2) is 66.3. The van der Waals surface area contributed by atoms with E-state index in [4.69, 9.17) is 47.7 Å². The number of rotatable bonds is 46. The zero-order valence-electron chi connectivity index (χ0n) is 88.1. The Morgan fingerprint density at radius 1 is 0.341 bits per heavy atom. The van der Waals surface area contributed by atoms with Crippen molar-refractivity contribution >= 4 is 52.7 Å². The summed E-state index contributed by atoms with van der Waals surface area (Å²) in [6.07, 6.45) is 50.9. The molecule has 0 saturated carbocycles. The molecule has 22 nitrogen and oxygen atoms in total. The fourth-order valence-corrected chi connectivity index (χ4v) is 16.0. The van der Waals surface area contributed by atoms with Gasteiger partial charge in [-0.15, -0.1) is 0 Å². The quantitative estimate of drug-likeness (QED) is 0.0250. The lowest BCUT2D eigenvalue weighted by Gasteiger charge is -2.33. The summed E-state index contributed by atoms with van der Waals surface area (Å²) in [6.45, 7) is 46.5. The monoisotopic (exact) mass is 1880 g/mol. The predicted octanol–water partition coefficient (Wildman–Crippen LogP) is 25.2. The van der Waals surface area contributed by atoms with E-state index in [0.717, 1.165) is 115 Å². The number of methoxy groups -OCH3 is 7. The number of amides is 1. The van der Waals surface area contributed by atoms with E-state index < -0.39 is 42.4 Å². The van der Waals surface area contributed by atoms with Crippen LogP contribution in [-0.4, -0.2) is 149 Å². The Balaban J connectivity index is 0.000000847. The van der Waals surface area contributed by atoms with Crippen LogP contribution in [0.4, 0.5) is 4.79 Å². The highest BCUT2D eigenvalue weighted by atomic mass is 16.6. The summed E-state index contributed by atoms with van der Waals surface area (Å²) in [6, 6.07) is 0. The molecule has 0 bridgehead atoms. The number of nitrogens with one attached hydrogen (secondary N) is 1. The van der Waals surface area contributed by atoms with Gasteiger partial charge in [0.2, 0.25) is 34.6 Å². The summed E-state index contributed by atoms with van der Waals surface area (Å²) in [5.74, 6) is -2.65. The SMILES string of the molecule is CNC(=O)OC1C=C(OC)C(=O)C(C)C1C/C=C(\C)CC/C=C(\C)CCC=C(C)C.COC1=C(OC)C(=O)C(C/C=C(\C)CC/C=C(\C)CCC=C(C)C)=C(C)C1=O.COC1=C(OC)C(O)C(C/C=C(\C)CCC(=O)O)C(C)C1=O.COC1=CC(O)C(C/C=C(\C)CC/C=C(\C)CCC=C(C)C)C(C)C1=O.COC1=CC(OC(C)=O)C(C/C=C(\C)CC/C=C(\C)CCC=C(C)C)C(C)C1=O. The van der Waals surface area contributed by atoms with Crippen molar-refractivity contribution in [3.05, 3.63) is 221 Å². The first-order chi connectivity index (χ1) is 63.6. The molecule has 0 heterocycles. The summed E-state index contributed by atoms with van der Waals surface area (Å²) in [7, 11) is 11.5. The number of allylic oxidation sites excluding steroid dienone is 32. The molecular formula is C113H171NO21. The molecule has 0 aliphatic heterocycles. The molecule has 5 aliphatic rings. The van der Waals surface area contributed by atoms with Crippen molar-refractivity contribution in [2.75, 3.05) is 56.8 Å². The number of carboxylic acids is 1. The number of alkyl carbamates (subject to hydrolysis) is 1. The number of ketones is 6. The van der Waals surface area contributed by atoms with Crippen molar-refractivity contribution in [2.45, 2.75) is 331 Å². The number of esters is 1. The molecule has 0 aromatic rings. The van der Waals surface area contributed by atoms with Crippen LogP contribution >= 0.6 is 0 Å². The number of Topliss-reactive ketones (excluding diaryl/α,β-unsaturated/α-hetero) is 6. The second-order valence-corrected chi connectivity index (χ2v) is 37.5. The molecule has 12 unspecified atom stereocenters. The van der Waals surface area contributed by atoms with Gasteiger partial charge in [-0.2, -0.15) is 0 Å². The number of aliphatic hydroxyl groups excluding tert-OH is 2. The molecule has 0 fully saturated rings. The molecule has 5 aliphatic carbocycles. The maximum atomic E-state index is 12.6. The Morgan fingerprint density at radius 2 is 0.637 bits per heavy atom. The number of aliphatic carboxylic acids is 1. The lowest BCUT2D eigenvalue weighted by atomic mass is 9.77. The summed E-state index contributed by atoms with van der Waals surface area (Å²) >= 11 is 0. The molecule has 0 saturated heterocycles. The molecule has 1 amide bonds. The third kappa shape index (κ3) is 46.0. The number of aliphatic hydroxyl groups is 2. The minimum absolute atomic E-state index is 0.00548.